The highest BCUT2D eigenvalue weighted by Gasteiger charge is 2.30. The second-order valence-corrected chi connectivity index (χ2v) is 31.8. The van der Waals surface area contributed by atoms with E-state index in [9.17, 15) is 0 Å². The first-order valence-electron chi connectivity index (χ1n) is 42.3. The van der Waals surface area contributed by atoms with Crippen molar-refractivity contribution in [1.82, 2.24) is 43.6 Å². The van der Waals surface area contributed by atoms with Crippen molar-refractivity contribution >= 4 is 164 Å². The van der Waals surface area contributed by atoms with E-state index in [2.05, 4.69) is 293 Å². The van der Waals surface area contributed by atoms with Crippen molar-refractivity contribution < 1.29 is 13.3 Å². The number of hydrogen-bond donors (Lipinski definition) is 0. The van der Waals surface area contributed by atoms with Crippen LogP contribution in [0.4, 0.5) is 0 Å². The minimum atomic E-state index is 0.547. The lowest BCUT2D eigenvalue weighted by Gasteiger charge is -2.13. The van der Waals surface area contributed by atoms with Gasteiger partial charge in [0.25, 0.3) is 0 Å². The van der Waals surface area contributed by atoms with Gasteiger partial charge in [0.1, 0.15) is 27.8 Å². The third-order valence-corrected chi connectivity index (χ3v) is 24.6. The van der Waals surface area contributed by atoms with Gasteiger partial charge in [-0.15, -0.1) is 0 Å². The number of para-hydroxylation sites is 6. The highest BCUT2D eigenvalue weighted by Crippen LogP contribution is 2.51. The Kier molecular flexibility index (Phi) is 16.7. The summed E-state index contributed by atoms with van der Waals surface area (Å²) in [6.45, 7) is 0. The Labute approximate surface area is 719 Å². The maximum atomic E-state index is 6.76. The predicted molar refractivity (Wildman–Crippen MR) is 516 cm³/mol. The number of furan rings is 3. The van der Waals surface area contributed by atoms with Crippen molar-refractivity contribution in [2.75, 3.05) is 0 Å². The van der Waals surface area contributed by atoms with E-state index in [1.807, 2.05) is 140 Å². The van der Waals surface area contributed by atoms with Gasteiger partial charge in [-0.25, -0.2) is 19.9 Å². The summed E-state index contributed by atoms with van der Waals surface area (Å²) in [5.41, 5.74) is 22.1. The van der Waals surface area contributed by atoms with Gasteiger partial charge in [0.15, 0.2) is 28.4 Å². The lowest BCUT2D eigenvalue weighted by Crippen LogP contribution is -2.06. The maximum absolute atomic E-state index is 6.76. The van der Waals surface area contributed by atoms with Crippen molar-refractivity contribution in [3.05, 3.63) is 419 Å². The van der Waals surface area contributed by atoms with Crippen LogP contribution in [0.3, 0.4) is 0 Å². The predicted octanol–water partition coefficient (Wildman–Crippen LogP) is 29.9. The zero-order valence-electron chi connectivity index (χ0n) is 67.6. The Bertz CT molecular complexity index is 8020. The molecule has 0 N–H and O–H groups in total. The second-order valence-electron chi connectivity index (χ2n) is 31.8. The zero-order valence-corrected chi connectivity index (χ0v) is 67.6. The fourth-order valence-electron chi connectivity index (χ4n) is 19.2. The Morgan fingerprint density at radius 2 is 0.413 bits per heavy atom. The molecule has 0 atom stereocenters. The summed E-state index contributed by atoms with van der Waals surface area (Å²) < 4.78 is 26.9. The topological polar surface area (TPSA) is 132 Å². The summed E-state index contributed by atoms with van der Waals surface area (Å²) in [6.07, 6.45) is 0. The van der Waals surface area contributed by atoms with Gasteiger partial charge in [-0.2, -0.15) is 9.97 Å². The minimum absolute atomic E-state index is 0.547. The number of benzene rings is 18. The normalized spacial score (nSPS) is 11.8. The number of fused-ring (bicyclic) bond motifs is 30. The Morgan fingerprint density at radius 1 is 0.175 bits per heavy atom. The van der Waals surface area contributed by atoms with E-state index in [0.29, 0.717) is 23.5 Å². The van der Waals surface area contributed by atoms with Gasteiger partial charge in [0, 0.05) is 98.0 Å². The van der Waals surface area contributed by atoms with Gasteiger partial charge in [-0.1, -0.05) is 364 Å². The fraction of sp³-hybridized carbons (Fsp3) is 0. The van der Waals surface area contributed by atoms with Gasteiger partial charge in [0.05, 0.1) is 50.5 Å². The summed E-state index contributed by atoms with van der Waals surface area (Å²) in [7, 11) is 0. The Balaban J connectivity index is 0.000000103. The van der Waals surface area contributed by atoms with Gasteiger partial charge < -0.3 is 17.8 Å². The quantitative estimate of drug-likeness (QED) is 0.139. The van der Waals surface area contributed by atoms with Crippen molar-refractivity contribution in [3.8, 4) is 85.4 Å². The third kappa shape index (κ3) is 11.5. The molecule has 0 saturated heterocycles. The molecule has 0 aliphatic carbocycles. The molecule has 9 heterocycles. The number of pyridine rings is 1. The molecule has 27 aromatic rings. The first-order valence-corrected chi connectivity index (χ1v) is 42.3. The molecule has 12 heteroatoms. The SMILES string of the molecule is c1ccc(-c2cc(-c3ccccc3)nc(-n3c4ccccc4c4c5ccccc5c5c6ccccc6oc5c43)n2)cc1.c1ccc(-c2cc(-n3c4ccccc4c4c5ccccc5c5c6ccccc6oc5c43)cc(-c3ccccc3)n2)cc1.c1ccc(-c2nc(-c3ccccc3)nc(-n3c4ccccc4c4c5ccccc5c5c6ccccc6oc5c43)n2)cc1. The standard InChI is InChI=1S/C39H24N2O.C38H23N3O.C37H22N4O/c1-3-13-25(14-4-1)32-23-27(24-33(40-32)26-15-5-2-6-16-26)41-34-21-11-9-19-30(34)36-28-17-7-8-18-29(28)37-31-20-10-12-22-35(31)42-39(37)38(36)41;1-3-13-24(14-4-1)30-23-31(25-15-5-2-6-16-25)40-38(39-30)41-32-21-11-9-19-28(32)34-26-17-7-8-18-27(26)35-29-20-10-12-22-33(29)42-37(35)36(34)41;1-3-13-23(14-4-1)35-38-36(24-15-5-2-6-16-24)40-37(39-35)41-29-21-11-9-19-27(29)31-25-17-7-8-18-26(25)32-28-20-10-12-22-30(28)42-34(32)33(31)41/h1-24H;1-23H;1-22H. The molecule has 0 saturated carbocycles. The number of hydrogen-bond acceptors (Lipinski definition) is 9. The van der Waals surface area contributed by atoms with Crippen LogP contribution >= 0.6 is 0 Å². The molecule has 126 heavy (non-hydrogen) atoms. The van der Waals surface area contributed by atoms with Crippen LogP contribution in [-0.4, -0.2) is 43.6 Å². The zero-order chi connectivity index (χ0) is 82.9. The monoisotopic (exact) mass is 1610 g/mol. The lowest BCUT2D eigenvalue weighted by molar-refractivity contribution is 0.670. The van der Waals surface area contributed by atoms with E-state index >= 15 is 0 Å². The van der Waals surface area contributed by atoms with Crippen LogP contribution in [0.1, 0.15) is 0 Å². The molecule has 9 aromatic heterocycles. The van der Waals surface area contributed by atoms with Crippen LogP contribution in [0, 0.1) is 0 Å². The van der Waals surface area contributed by atoms with Gasteiger partial charge in [-0.05, 0) is 86.9 Å². The average Bonchev–Trinajstić information content (AvgIpc) is 1.55. The summed E-state index contributed by atoms with van der Waals surface area (Å²) in [4.78, 5) is 30.8. The summed E-state index contributed by atoms with van der Waals surface area (Å²) in [6, 6.07) is 145. The number of nitrogens with zero attached hydrogens (tertiary/aromatic N) is 9. The molecular formula is C114H69N9O3. The largest absolute Gasteiger partial charge is 0.454 e. The molecule has 0 aliphatic heterocycles. The second kappa shape index (κ2) is 29.3. The van der Waals surface area contributed by atoms with Crippen molar-refractivity contribution in [2.45, 2.75) is 0 Å². The van der Waals surface area contributed by atoms with Crippen molar-refractivity contribution in [2.24, 2.45) is 0 Å². The van der Waals surface area contributed by atoms with Crippen LogP contribution in [0.5, 0.6) is 0 Å². The fourth-order valence-corrected chi connectivity index (χ4v) is 19.2. The Hall–Kier alpha value is -17.2. The highest BCUT2D eigenvalue weighted by molar-refractivity contribution is 6.38. The third-order valence-electron chi connectivity index (χ3n) is 24.6. The molecule has 0 unspecified atom stereocenters. The van der Waals surface area contributed by atoms with E-state index < -0.39 is 0 Å². The molecule has 0 aliphatic rings. The average molecular weight is 1610 g/mol. The molecule has 0 radical (unpaired) electrons. The van der Waals surface area contributed by atoms with Gasteiger partial charge in [0.2, 0.25) is 11.9 Å². The van der Waals surface area contributed by atoms with Crippen LogP contribution in [0.15, 0.2) is 432 Å². The molecule has 12 nitrogen and oxygen atoms in total. The van der Waals surface area contributed by atoms with Gasteiger partial charge in [-0.3, -0.25) is 9.13 Å². The molecule has 588 valence electrons. The molecule has 18 aromatic carbocycles. The summed E-state index contributed by atoms with van der Waals surface area (Å²) in [5, 5.41) is 20.7. The Morgan fingerprint density at radius 3 is 0.738 bits per heavy atom. The van der Waals surface area contributed by atoms with Crippen molar-refractivity contribution in [1.29, 1.82) is 0 Å². The number of rotatable bonds is 9. The molecule has 27 rings (SSSR count). The first kappa shape index (κ1) is 71.7. The van der Waals surface area contributed by atoms with Crippen LogP contribution in [-0.2, 0) is 0 Å². The summed E-state index contributed by atoms with van der Waals surface area (Å²) >= 11 is 0. The minimum Gasteiger partial charge on any atom is -0.454 e. The van der Waals surface area contributed by atoms with E-state index in [1.165, 1.54) is 43.1 Å². The summed E-state index contributed by atoms with van der Waals surface area (Å²) in [5.74, 6) is 2.39. The highest BCUT2D eigenvalue weighted by atomic mass is 16.3. The molecule has 0 bridgehead atoms. The van der Waals surface area contributed by atoms with Crippen LogP contribution in [0.2, 0.25) is 0 Å². The molecule has 0 fully saturated rings. The number of aromatic nitrogens is 9. The molecule has 0 spiro atoms. The molecular weight excluding hydrogens is 1540 g/mol. The van der Waals surface area contributed by atoms with E-state index in [1.54, 1.807) is 0 Å². The first-order chi connectivity index (χ1) is 62.5. The van der Waals surface area contributed by atoms with Gasteiger partial charge >= 0.3 is 0 Å². The van der Waals surface area contributed by atoms with Crippen LogP contribution < -0.4 is 0 Å². The molecule has 0 amide bonds. The van der Waals surface area contributed by atoms with E-state index in [0.717, 1.165) is 182 Å². The lowest BCUT2D eigenvalue weighted by atomic mass is 9.99. The maximum Gasteiger partial charge on any atom is 0.238 e. The van der Waals surface area contributed by atoms with E-state index in [-0.39, 0.29) is 0 Å². The van der Waals surface area contributed by atoms with E-state index in [4.69, 9.17) is 43.2 Å². The van der Waals surface area contributed by atoms with Crippen LogP contribution in [0.25, 0.3) is 249 Å². The van der Waals surface area contributed by atoms with Crippen molar-refractivity contribution in [3.63, 3.8) is 0 Å². The smallest absolute Gasteiger partial charge is 0.238 e.